The number of aliphatic imine (C=N–C) groups is 1. The van der Waals surface area contributed by atoms with Crippen LogP contribution in [-0.4, -0.2) is 93.8 Å². The minimum absolute atomic E-state index is 0.0654. The molecule has 1 aromatic heterocycles. The number of nitrogens with one attached hydrogen (secondary N) is 3. The molecule has 0 spiro atoms. The van der Waals surface area contributed by atoms with E-state index in [0.29, 0.717) is 42.8 Å². The van der Waals surface area contributed by atoms with Crippen LogP contribution in [0.25, 0.3) is 0 Å². The topological polar surface area (TPSA) is 219 Å². The first-order valence-electron chi connectivity index (χ1n) is 17.8. The molecule has 14 heteroatoms. The van der Waals surface area contributed by atoms with E-state index in [4.69, 9.17) is 15.3 Å². The number of aromatic nitrogens is 1. The number of H-pyrrole nitrogens is 1. The van der Waals surface area contributed by atoms with Crippen LogP contribution in [0.3, 0.4) is 0 Å². The Hall–Kier alpha value is -4.85. The third-order valence-corrected chi connectivity index (χ3v) is 7.79. The van der Waals surface area contributed by atoms with Crippen molar-refractivity contribution in [1.82, 2.24) is 20.5 Å². The normalized spacial score (nSPS) is 13.0. The van der Waals surface area contributed by atoms with Gasteiger partial charge in [-0.2, -0.15) is 0 Å². The Morgan fingerprint density at radius 3 is 2.02 bits per heavy atom. The summed E-state index contributed by atoms with van der Waals surface area (Å²) in [6, 6.07) is 8.40. The van der Waals surface area contributed by atoms with E-state index in [9.17, 15) is 19.2 Å². The highest BCUT2D eigenvalue weighted by Gasteiger charge is 2.17. The number of aryl methyl sites for hydroxylation is 2. The molecule has 292 valence electrons. The summed E-state index contributed by atoms with van der Waals surface area (Å²) >= 11 is 0. The second kappa shape index (κ2) is 33.3. The van der Waals surface area contributed by atoms with Crippen LogP contribution in [0, 0.1) is 5.92 Å². The number of methoxy groups -OCH3 is 1. The average molecular weight is 730 g/mol. The standard InChI is InChI=1S/C25H35N5O3.C6H13N.C4H8O.C2H4O2.CH3NO/c1-27-25(33)22-21(17-29-23(22)30-18-26)14-11-19-9-12-20(13-10-19)24(32)28-15-7-5-3-2-4-6-8-16-31;1-6-4-3-5-7(6)2;1-4(2)3-5;1-4-2-3;2-1-3/h9-10,12-13,16-18,29H,2-8,11,14-15H2,1H3,(H2,26,30)(H,27,33)(H,28,32);6H,3-5H2,1-2H3;3-4H,1-2H3;2H,1H3;1H,(H2,2,3). The number of rotatable bonds is 17. The fourth-order valence-electron chi connectivity index (χ4n) is 4.75. The van der Waals surface area contributed by atoms with Gasteiger partial charge in [0.2, 0.25) is 6.41 Å². The lowest BCUT2D eigenvalue weighted by Gasteiger charge is -2.12. The van der Waals surface area contributed by atoms with E-state index in [1.54, 1.807) is 13.2 Å². The van der Waals surface area contributed by atoms with Gasteiger partial charge >= 0.3 is 0 Å². The van der Waals surface area contributed by atoms with Crippen molar-refractivity contribution in [3.8, 4) is 0 Å². The van der Waals surface area contributed by atoms with Crippen molar-refractivity contribution < 1.29 is 33.5 Å². The summed E-state index contributed by atoms with van der Waals surface area (Å²) in [6.07, 6.45) is 16.3. The Labute approximate surface area is 309 Å². The van der Waals surface area contributed by atoms with E-state index >= 15 is 0 Å². The number of amides is 3. The molecule has 3 amide bonds. The number of nitrogens with two attached hydrogens (primary N) is 2. The number of aldehydes is 2. The van der Waals surface area contributed by atoms with E-state index in [1.165, 1.54) is 26.5 Å². The van der Waals surface area contributed by atoms with Crippen LogP contribution in [0.15, 0.2) is 35.5 Å². The molecule has 7 N–H and O–H groups in total. The first-order chi connectivity index (χ1) is 25.0. The maximum absolute atomic E-state index is 12.3. The van der Waals surface area contributed by atoms with Crippen molar-refractivity contribution in [2.24, 2.45) is 22.4 Å². The van der Waals surface area contributed by atoms with Crippen LogP contribution in [-0.2, 0) is 36.8 Å². The zero-order chi connectivity index (χ0) is 39.6. The molecule has 14 nitrogen and oxygen atoms in total. The van der Waals surface area contributed by atoms with Crippen LogP contribution in [0.4, 0.5) is 5.82 Å². The predicted octanol–water partition coefficient (Wildman–Crippen LogP) is 4.27. The molecule has 1 aromatic carbocycles. The van der Waals surface area contributed by atoms with Gasteiger partial charge in [0.1, 0.15) is 18.4 Å². The Morgan fingerprint density at radius 1 is 1.00 bits per heavy atom. The van der Waals surface area contributed by atoms with E-state index < -0.39 is 0 Å². The number of primary amides is 1. The van der Waals surface area contributed by atoms with Crippen molar-refractivity contribution in [3.63, 3.8) is 0 Å². The van der Waals surface area contributed by atoms with Crippen molar-refractivity contribution in [2.45, 2.75) is 97.4 Å². The van der Waals surface area contributed by atoms with E-state index in [2.05, 4.69) is 50.0 Å². The number of unbranched alkanes of at least 4 members (excludes halogenated alkanes) is 6. The van der Waals surface area contributed by atoms with Crippen molar-refractivity contribution in [2.75, 3.05) is 34.3 Å². The summed E-state index contributed by atoms with van der Waals surface area (Å²) in [4.78, 5) is 71.3. The number of likely N-dealkylation sites (tertiary alicyclic amines) is 1. The van der Waals surface area contributed by atoms with Crippen LogP contribution in [0.1, 0.15) is 110 Å². The summed E-state index contributed by atoms with van der Waals surface area (Å²) in [5.74, 6) is 0.368. The van der Waals surface area contributed by atoms with E-state index in [0.717, 1.165) is 81.0 Å². The number of nitrogens with zero attached hydrogens (tertiary/aromatic N) is 2. The maximum atomic E-state index is 12.3. The molecule has 1 unspecified atom stereocenters. The molecule has 1 aliphatic heterocycles. The molecule has 1 atom stereocenters. The number of carbonyl (C=O) groups is 6. The number of benzene rings is 1. The third-order valence-electron chi connectivity index (χ3n) is 7.79. The quantitative estimate of drug-likeness (QED) is 0.0679. The Kier molecular flexibility index (Phi) is 31.5. The van der Waals surface area contributed by atoms with Gasteiger partial charge in [0.15, 0.2) is 0 Å². The van der Waals surface area contributed by atoms with Gasteiger partial charge in [-0.15, -0.1) is 0 Å². The lowest BCUT2D eigenvalue weighted by atomic mass is 10.0. The zero-order valence-electron chi connectivity index (χ0n) is 32.0. The highest BCUT2D eigenvalue weighted by atomic mass is 16.5. The highest BCUT2D eigenvalue weighted by molar-refractivity contribution is 6.00. The Morgan fingerprint density at radius 2 is 1.58 bits per heavy atom. The van der Waals surface area contributed by atoms with E-state index in [-0.39, 0.29) is 24.1 Å². The summed E-state index contributed by atoms with van der Waals surface area (Å²) in [6.45, 7) is 8.34. The SMILES string of the molecule is CC(C)C=O.CC1CCCN1C.CNC(=O)c1c(CCc2ccc(C(=O)NCCCCCCCCC=O)cc2)c[nH]c1/N=C\N.COC=O.NC=O. The lowest BCUT2D eigenvalue weighted by Crippen LogP contribution is -2.24. The number of hydrogen-bond acceptors (Lipinski definition) is 9. The van der Waals surface area contributed by atoms with Gasteiger partial charge in [0.25, 0.3) is 18.3 Å². The molecule has 1 fully saturated rings. The van der Waals surface area contributed by atoms with Gasteiger partial charge in [0, 0.05) is 43.7 Å². The van der Waals surface area contributed by atoms with Gasteiger partial charge in [0.05, 0.1) is 19.0 Å². The molecular formula is C38H63N7O7. The molecule has 1 aliphatic rings. The van der Waals surface area contributed by atoms with Crippen molar-refractivity contribution >= 4 is 49.4 Å². The second-order valence-corrected chi connectivity index (χ2v) is 12.2. The fraction of sp³-hybridized carbons (Fsp3) is 0.553. The first kappa shape index (κ1) is 49.3. The third kappa shape index (κ3) is 24.3. The summed E-state index contributed by atoms with van der Waals surface area (Å²) in [5.41, 5.74) is 12.6. The molecule has 0 bridgehead atoms. The number of ether oxygens (including phenoxy) is 1. The number of carbonyl (C=O) groups excluding carboxylic acids is 6. The summed E-state index contributed by atoms with van der Waals surface area (Å²) < 4.78 is 3.86. The molecule has 2 aromatic rings. The van der Waals surface area contributed by atoms with Gasteiger partial charge in [-0.1, -0.05) is 51.7 Å². The number of aromatic amines is 1. The largest absolute Gasteiger partial charge is 0.471 e. The van der Waals surface area contributed by atoms with Crippen molar-refractivity contribution in [3.05, 3.63) is 52.7 Å². The molecule has 1 saturated heterocycles. The Balaban J connectivity index is 0. The molecule has 52 heavy (non-hydrogen) atoms. The second-order valence-electron chi connectivity index (χ2n) is 12.2. The summed E-state index contributed by atoms with van der Waals surface area (Å²) in [7, 11) is 5.08. The maximum Gasteiger partial charge on any atom is 0.292 e. The molecular weight excluding hydrogens is 666 g/mol. The van der Waals surface area contributed by atoms with Crippen LogP contribution < -0.4 is 22.1 Å². The van der Waals surface area contributed by atoms with Gasteiger partial charge < -0.3 is 46.3 Å². The monoisotopic (exact) mass is 729 g/mol. The first-order valence-corrected chi connectivity index (χ1v) is 17.8. The Bertz CT molecular complexity index is 1270. The molecule has 2 heterocycles. The van der Waals surface area contributed by atoms with Gasteiger partial charge in [-0.25, -0.2) is 4.99 Å². The van der Waals surface area contributed by atoms with Crippen molar-refractivity contribution in [1.29, 1.82) is 0 Å². The molecule has 0 saturated carbocycles. The smallest absolute Gasteiger partial charge is 0.292 e. The average Bonchev–Trinajstić information content (AvgIpc) is 3.74. The predicted molar refractivity (Wildman–Crippen MR) is 207 cm³/mol. The van der Waals surface area contributed by atoms with Gasteiger partial charge in [-0.3, -0.25) is 19.2 Å². The zero-order valence-corrected chi connectivity index (χ0v) is 32.0. The fourth-order valence-corrected chi connectivity index (χ4v) is 4.75. The minimum atomic E-state index is -0.211. The highest BCUT2D eigenvalue weighted by Crippen LogP contribution is 2.23. The summed E-state index contributed by atoms with van der Waals surface area (Å²) in [5, 5.41) is 5.60. The van der Waals surface area contributed by atoms with Crippen LogP contribution >= 0.6 is 0 Å². The minimum Gasteiger partial charge on any atom is -0.471 e. The van der Waals surface area contributed by atoms with Crippen LogP contribution in [0.5, 0.6) is 0 Å². The van der Waals surface area contributed by atoms with E-state index in [1.807, 2.05) is 38.1 Å². The molecule has 0 radical (unpaired) electrons. The number of hydrogen-bond donors (Lipinski definition) is 5. The molecule has 3 rings (SSSR count). The van der Waals surface area contributed by atoms with Crippen LogP contribution in [0.2, 0.25) is 0 Å². The van der Waals surface area contributed by atoms with Gasteiger partial charge in [-0.05, 0) is 82.3 Å². The molecule has 0 aliphatic carbocycles. The lowest BCUT2D eigenvalue weighted by molar-refractivity contribution is -0.126.